The molecule has 0 amide bonds. The van der Waals surface area contributed by atoms with Gasteiger partial charge in [0.2, 0.25) is 0 Å². The van der Waals surface area contributed by atoms with Crippen molar-refractivity contribution in [1.29, 1.82) is 0 Å². The average molecular weight is 368 g/mol. The number of rotatable bonds is 2. The molecule has 0 spiro atoms. The minimum Gasteiger partial charge on any atom is -0.472 e. The smallest absolute Gasteiger partial charge is 0.129 e. The third kappa shape index (κ3) is 2.34. The molecule has 0 aliphatic heterocycles. The van der Waals surface area contributed by atoms with Crippen LogP contribution in [0.5, 0.6) is 0 Å². The van der Waals surface area contributed by atoms with E-state index in [9.17, 15) is 4.39 Å². The van der Waals surface area contributed by atoms with E-state index < -0.39 is 0 Å². The molecule has 0 N–H and O–H groups in total. The second-order valence-electron chi connectivity index (χ2n) is 3.21. The lowest BCUT2D eigenvalue weighted by atomic mass is 10.1. The van der Waals surface area contributed by atoms with E-state index >= 15 is 0 Å². The summed E-state index contributed by atoms with van der Waals surface area (Å²) in [6.07, 6.45) is 3.11. The van der Waals surface area contributed by atoms with Crippen LogP contribution in [0.25, 0.3) is 0 Å². The van der Waals surface area contributed by atoms with Crippen LogP contribution in [-0.2, 0) is 0 Å². The van der Waals surface area contributed by atoms with E-state index in [0.717, 1.165) is 5.56 Å². The highest BCUT2D eigenvalue weighted by Gasteiger charge is 2.17. The summed E-state index contributed by atoms with van der Waals surface area (Å²) in [5.41, 5.74) is 1.33. The van der Waals surface area contributed by atoms with Gasteiger partial charge in [-0.05, 0) is 34.1 Å². The molecule has 0 saturated carbocycles. The number of furan rings is 1. The van der Waals surface area contributed by atoms with Crippen LogP contribution in [0.3, 0.4) is 0 Å². The number of halogens is 4. The Kier molecular flexibility index (Phi) is 3.72. The number of benzene rings is 1. The first kappa shape index (κ1) is 12.1. The van der Waals surface area contributed by atoms with Gasteiger partial charge in [0.15, 0.2) is 0 Å². The Bertz CT molecular complexity index is 499. The van der Waals surface area contributed by atoms with E-state index in [0.29, 0.717) is 15.1 Å². The van der Waals surface area contributed by atoms with Gasteiger partial charge in [0, 0.05) is 15.6 Å². The highest BCUT2D eigenvalue weighted by molar-refractivity contribution is 9.10. The van der Waals surface area contributed by atoms with Crippen LogP contribution in [0.2, 0.25) is 5.02 Å². The predicted molar refractivity (Wildman–Crippen MR) is 68.6 cm³/mol. The van der Waals surface area contributed by atoms with Crippen molar-refractivity contribution in [2.75, 3.05) is 0 Å². The molecule has 1 aromatic heterocycles. The van der Waals surface area contributed by atoms with Crippen molar-refractivity contribution >= 4 is 43.5 Å². The molecule has 1 aromatic carbocycles. The maximum Gasteiger partial charge on any atom is 0.129 e. The van der Waals surface area contributed by atoms with Crippen molar-refractivity contribution in [2.45, 2.75) is 4.83 Å². The fourth-order valence-corrected chi connectivity index (χ4v) is 2.43. The van der Waals surface area contributed by atoms with Crippen LogP contribution in [0, 0.1) is 5.82 Å². The summed E-state index contributed by atoms with van der Waals surface area (Å²) >= 11 is 12.5. The molecule has 84 valence electrons. The summed E-state index contributed by atoms with van der Waals surface area (Å²) in [6.45, 7) is 0. The third-order valence-corrected chi connectivity index (χ3v) is 4.37. The van der Waals surface area contributed by atoms with Crippen LogP contribution >= 0.6 is 43.5 Å². The van der Waals surface area contributed by atoms with Gasteiger partial charge in [-0.15, -0.1) is 0 Å². The SMILES string of the molecule is Fc1cc(Br)c(Cl)cc1C(Br)c1ccoc1. The van der Waals surface area contributed by atoms with Crippen LogP contribution < -0.4 is 0 Å². The quantitative estimate of drug-likeness (QED) is 0.517. The van der Waals surface area contributed by atoms with E-state index in [-0.39, 0.29) is 10.6 Å². The van der Waals surface area contributed by atoms with Crippen molar-refractivity contribution < 1.29 is 8.81 Å². The molecule has 1 heterocycles. The Morgan fingerprint density at radius 2 is 2.12 bits per heavy atom. The second kappa shape index (κ2) is 4.90. The van der Waals surface area contributed by atoms with Crippen LogP contribution in [0.1, 0.15) is 16.0 Å². The number of alkyl halides is 1. The van der Waals surface area contributed by atoms with Gasteiger partial charge in [0.1, 0.15) is 5.82 Å². The molecule has 16 heavy (non-hydrogen) atoms. The monoisotopic (exact) mass is 366 g/mol. The predicted octanol–water partition coefficient (Wildman–Crippen LogP) is 5.32. The lowest BCUT2D eigenvalue weighted by molar-refractivity contribution is 0.563. The van der Waals surface area contributed by atoms with E-state index in [1.807, 2.05) is 0 Å². The van der Waals surface area contributed by atoms with Gasteiger partial charge < -0.3 is 4.42 Å². The second-order valence-corrected chi connectivity index (χ2v) is 5.38. The fourth-order valence-electron chi connectivity index (χ4n) is 1.33. The minimum atomic E-state index is -0.320. The summed E-state index contributed by atoms with van der Waals surface area (Å²) in [6, 6.07) is 4.72. The zero-order valence-electron chi connectivity index (χ0n) is 7.88. The van der Waals surface area contributed by atoms with E-state index in [2.05, 4.69) is 31.9 Å². The first-order valence-electron chi connectivity index (χ1n) is 4.40. The Labute approximate surface area is 114 Å². The molecule has 1 nitrogen and oxygen atoms in total. The highest BCUT2D eigenvalue weighted by Crippen LogP contribution is 2.36. The molecule has 0 aliphatic rings. The van der Waals surface area contributed by atoms with Gasteiger partial charge in [0.05, 0.1) is 22.4 Å². The third-order valence-electron chi connectivity index (χ3n) is 2.15. The van der Waals surface area contributed by atoms with Crippen molar-refractivity contribution in [3.05, 3.63) is 57.2 Å². The molecule has 0 aliphatic carbocycles. The molecule has 2 aromatic rings. The van der Waals surface area contributed by atoms with Gasteiger partial charge in [-0.2, -0.15) is 0 Å². The van der Waals surface area contributed by atoms with Gasteiger partial charge in [0.25, 0.3) is 0 Å². The Morgan fingerprint density at radius 3 is 2.75 bits per heavy atom. The molecular formula is C11H6Br2ClFO. The van der Waals surface area contributed by atoms with Crippen molar-refractivity contribution in [2.24, 2.45) is 0 Å². The molecule has 0 bridgehead atoms. The van der Waals surface area contributed by atoms with Crippen molar-refractivity contribution in [1.82, 2.24) is 0 Å². The van der Waals surface area contributed by atoms with Crippen LogP contribution in [-0.4, -0.2) is 0 Å². The largest absolute Gasteiger partial charge is 0.472 e. The van der Waals surface area contributed by atoms with E-state index in [4.69, 9.17) is 16.0 Å². The lowest BCUT2D eigenvalue weighted by Crippen LogP contribution is -1.95. The summed E-state index contributed by atoms with van der Waals surface area (Å²) in [5.74, 6) is -0.320. The van der Waals surface area contributed by atoms with Gasteiger partial charge >= 0.3 is 0 Å². The minimum absolute atomic E-state index is 0.267. The molecule has 0 radical (unpaired) electrons. The maximum absolute atomic E-state index is 13.7. The standard InChI is InChI=1S/C11H6Br2ClFO/c12-8-4-10(15)7(3-9(8)14)11(13)6-1-2-16-5-6/h1-5,11H. The van der Waals surface area contributed by atoms with Crippen molar-refractivity contribution in [3.8, 4) is 0 Å². The van der Waals surface area contributed by atoms with Gasteiger partial charge in [-0.25, -0.2) is 4.39 Å². The summed E-state index contributed by atoms with van der Waals surface area (Å²) in [4.78, 5) is -0.267. The topological polar surface area (TPSA) is 13.1 Å². The average Bonchev–Trinajstić information content (AvgIpc) is 2.75. The Balaban J connectivity index is 2.44. The Hall–Kier alpha value is -0.320. The van der Waals surface area contributed by atoms with Crippen molar-refractivity contribution in [3.63, 3.8) is 0 Å². The molecular weight excluding hydrogens is 362 g/mol. The first-order valence-corrected chi connectivity index (χ1v) is 6.49. The summed E-state index contributed by atoms with van der Waals surface area (Å²) < 4.78 is 19.2. The van der Waals surface area contributed by atoms with Crippen LogP contribution in [0.4, 0.5) is 4.39 Å². The highest BCUT2D eigenvalue weighted by atomic mass is 79.9. The normalized spacial score (nSPS) is 12.8. The van der Waals surface area contributed by atoms with Crippen LogP contribution in [0.15, 0.2) is 39.6 Å². The molecule has 1 atom stereocenters. The zero-order chi connectivity index (χ0) is 11.7. The van der Waals surface area contributed by atoms with Gasteiger partial charge in [-0.3, -0.25) is 0 Å². The molecule has 0 saturated heterocycles. The lowest BCUT2D eigenvalue weighted by Gasteiger charge is -2.10. The summed E-state index contributed by atoms with van der Waals surface area (Å²) in [5, 5.41) is 0.476. The summed E-state index contributed by atoms with van der Waals surface area (Å²) in [7, 11) is 0. The molecule has 2 rings (SSSR count). The molecule has 1 unspecified atom stereocenters. The zero-order valence-corrected chi connectivity index (χ0v) is 11.8. The molecule has 5 heteroatoms. The molecule has 0 fully saturated rings. The first-order chi connectivity index (χ1) is 7.59. The fraction of sp³-hybridized carbons (Fsp3) is 0.0909. The number of hydrogen-bond donors (Lipinski definition) is 0. The maximum atomic E-state index is 13.7. The Morgan fingerprint density at radius 1 is 1.38 bits per heavy atom. The van der Waals surface area contributed by atoms with E-state index in [1.54, 1.807) is 24.7 Å². The van der Waals surface area contributed by atoms with Gasteiger partial charge in [-0.1, -0.05) is 27.5 Å². The van der Waals surface area contributed by atoms with E-state index in [1.165, 1.54) is 6.07 Å². The number of hydrogen-bond acceptors (Lipinski definition) is 1.